The summed E-state index contributed by atoms with van der Waals surface area (Å²) in [5.41, 5.74) is 3.35. The van der Waals surface area contributed by atoms with E-state index in [4.69, 9.17) is 0 Å². The van der Waals surface area contributed by atoms with Crippen LogP contribution in [-0.2, 0) is 9.59 Å². The Balaban J connectivity index is 5.11. The number of carbonyl (C=O) groups excluding carboxylic acids is 2. The van der Waals surface area contributed by atoms with Gasteiger partial charge in [-0.25, -0.2) is 0 Å². The zero-order chi connectivity index (χ0) is 32.3. The van der Waals surface area contributed by atoms with Crippen molar-refractivity contribution in [1.29, 1.82) is 0 Å². The van der Waals surface area contributed by atoms with Crippen molar-refractivity contribution < 1.29 is 9.59 Å². The second-order valence-corrected chi connectivity index (χ2v) is 14.7. The minimum atomic E-state index is -0.170. The summed E-state index contributed by atoms with van der Waals surface area (Å²) in [7, 11) is 0. The van der Waals surface area contributed by atoms with Gasteiger partial charge in [0, 0.05) is 43.9 Å². The predicted molar refractivity (Wildman–Crippen MR) is 182 cm³/mol. The highest BCUT2D eigenvalue weighted by Crippen LogP contribution is 2.32. The molecule has 3 atom stereocenters. The monoisotopic (exact) mass is 589 g/mol. The van der Waals surface area contributed by atoms with Gasteiger partial charge in [0.05, 0.1) is 6.04 Å². The lowest BCUT2D eigenvalue weighted by Crippen LogP contribution is -2.43. The van der Waals surface area contributed by atoms with Gasteiger partial charge >= 0.3 is 0 Å². The van der Waals surface area contributed by atoms with Gasteiger partial charge in [0.2, 0.25) is 11.8 Å². The lowest BCUT2D eigenvalue weighted by atomic mass is 9.77. The zero-order valence-electron chi connectivity index (χ0n) is 29.1. The molecule has 2 amide bonds. The molecule has 4 N–H and O–H groups in total. The van der Waals surface area contributed by atoms with Gasteiger partial charge in [-0.1, -0.05) is 93.5 Å². The van der Waals surface area contributed by atoms with E-state index in [0.717, 1.165) is 69.3 Å². The van der Waals surface area contributed by atoms with Crippen LogP contribution in [0, 0.1) is 16.7 Å². The van der Waals surface area contributed by atoms with E-state index in [1.165, 1.54) is 24.8 Å². The van der Waals surface area contributed by atoms with Crippen molar-refractivity contribution in [3.05, 3.63) is 36.7 Å². The van der Waals surface area contributed by atoms with Gasteiger partial charge in [-0.15, -0.1) is 0 Å². The first-order valence-electron chi connectivity index (χ1n) is 16.5. The van der Waals surface area contributed by atoms with Crippen LogP contribution in [0.3, 0.4) is 0 Å². The first kappa shape index (κ1) is 39.8. The Morgan fingerprint density at radius 3 is 1.86 bits per heavy atom. The number of nitrogens with one attached hydrogen (secondary N) is 4. The van der Waals surface area contributed by atoms with Crippen LogP contribution in [0.1, 0.15) is 139 Å². The summed E-state index contributed by atoms with van der Waals surface area (Å²) in [4.78, 5) is 24.2. The fourth-order valence-electron chi connectivity index (χ4n) is 4.78. The lowest BCUT2D eigenvalue weighted by molar-refractivity contribution is -0.122. The minimum Gasteiger partial charge on any atom is -0.389 e. The van der Waals surface area contributed by atoms with Crippen LogP contribution in [0.2, 0.25) is 0 Å². The molecule has 0 spiro atoms. The summed E-state index contributed by atoms with van der Waals surface area (Å²) in [6, 6.07) is -0.0702. The summed E-state index contributed by atoms with van der Waals surface area (Å²) >= 11 is 0. The van der Waals surface area contributed by atoms with Crippen LogP contribution in [-0.4, -0.2) is 37.0 Å². The average molecular weight is 589 g/mol. The highest BCUT2D eigenvalue weighted by atomic mass is 16.2. The van der Waals surface area contributed by atoms with Crippen molar-refractivity contribution >= 4 is 11.8 Å². The van der Waals surface area contributed by atoms with Gasteiger partial charge in [0.15, 0.2) is 0 Å². The third-order valence-electron chi connectivity index (χ3n) is 8.01. The Morgan fingerprint density at radius 2 is 1.33 bits per heavy atom. The minimum absolute atomic E-state index is 0.0193. The van der Waals surface area contributed by atoms with Crippen LogP contribution < -0.4 is 21.3 Å². The zero-order valence-corrected chi connectivity index (χ0v) is 29.1. The summed E-state index contributed by atoms with van der Waals surface area (Å²) in [5, 5.41) is 13.3. The predicted octanol–water partition coefficient (Wildman–Crippen LogP) is 8.17. The van der Waals surface area contributed by atoms with E-state index in [9.17, 15) is 9.59 Å². The molecule has 0 saturated heterocycles. The van der Waals surface area contributed by atoms with E-state index in [-0.39, 0.29) is 34.7 Å². The number of hydrogen-bond acceptors (Lipinski definition) is 4. The van der Waals surface area contributed by atoms with Crippen LogP contribution in [0.25, 0.3) is 0 Å². The van der Waals surface area contributed by atoms with E-state index in [2.05, 4.69) is 96.4 Å². The van der Waals surface area contributed by atoms with E-state index >= 15 is 0 Å². The molecule has 0 heterocycles. The van der Waals surface area contributed by atoms with Gasteiger partial charge < -0.3 is 21.3 Å². The van der Waals surface area contributed by atoms with Crippen LogP contribution >= 0.6 is 0 Å². The maximum absolute atomic E-state index is 12.1. The first-order chi connectivity index (χ1) is 19.5. The molecule has 0 fully saturated rings. The summed E-state index contributed by atoms with van der Waals surface area (Å²) < 4.78 is 0. The van der Waals surface area contributed by atoms with E-state index in [0.29, 0.717) is 18.9 Å². The Hall–Kier alpha value is -2.24. The Labute approximate surface area is 260 Å². The number of unbranched alkanes of at least 4 members (excludes halogenated alkanes) is 4. The molecule has 0 aliphatic rings. The number of allylic oxidation sites excluding steroid dienone is 1. The van der Waals surface area contributed by atoms with Gasteiger partial charge in [-0.2, -0.15) is 0 Å². The highest BCUT2D eigenvalue weighted by molar-refractivity contribution is 5.76. The molecular weight excluding hydrogens is 520 g/mol. The molecule has 0 bridgehead atoms. The smallest absolute Gasteiger partial charge is 0.220 e. The third kappa shape index (κ3) is 20.6. The van der Waals surface area contributed by atoms with E-state index < -0.39 is 0 Å². The quantitative estimate of drug-likeness (QED) is 0.0717. The molecule has 6 nitrogen and oxygen atoms in total. The van der Waals surface area contributed by atoms with Crippen molar-refractivity contribution in [2.75, 3.05) is 13.1 Å². The second-order valence-electron chi connectivity index (χ2n) is 14.7. The standard InChI is InChI=1S/C36H68N4O2/c1-13-14-15-20-29(4)37-23-18-16-21-32(27(2)25-28(3)36(10,11)12)39-30(5)33(40-31(6)41)22-17-19-24-38-34(42)26-35(7,8)9/h28,32-33,37,39H,2,4-5,13-26H2,1,3,6-12H3,(H,38,42)(H,40,41). The Kier molecular flexibility index (Phi) is 19.5. The van der Waals surface area contributed by atoms with E-state index in [1.807, 2.05) is 0 Å². The van der Waals surface area contributed by atoms with Gasteiger partial charge in [-0.3, -0.25) is 9.59 Å². The maximum Gasteiger partial charge on any atom is 0.220 e. The van der Waals surface area contributed by atoms with Crippen molar-refractivity contribution in [3.8, 4) is 0 Å². The maximum atomic E-state index is 12.1. The fourth-order valence-corrected chi connectivity index (χ4v) is 4.78. The van der Waals surface area contributed by atoms with Crippen LogP contribution in [0.4, 0.5) is 0 Å². The summed E-state index contributed by atoms with van der Waals surface area (Å²) in [5.74, 6) is 0.521. The van der Waals surface area contributed by atoms with Gasteiger partial charge in [0.25, 0.3) is 0 Å². The molecule has 6 heteroatoms. The second kappa shape index (κ2) is 20.6. The van der Waals surface area contributed by atoms with Gasteiger partial charge in [0.1, 0.15) is 0 Å². The van der Waals surface area contributed by atoms with E-state index in [1.54, 1.807) is 6.92 Å². The Bertz CT molecular complexity index is 834. The van der Waals surface area contributed by atoms with Crippen LogP contribution in [0.5, 0.6) is 0 Å². The Morgan fingerprint density at radius 1 is 0.762 bits per heavy atom. The SMILES string of the molecule is C=C(CCCCC)NCCCCC(NC(=C)C(CCCCNC(=O)CC(C)(C)C)NC(C)=O)C(=C)CC(C)C(C)(C)C. The van der Waals surface area contributed by atoms with Crippen molar-refractivity contribution in [2.24, 2.45) is 16.7 Å². The van der Waals surface area contributed by atoms with Crippen LogP contribution in [0.15, 0.2) is 36.7 Å². The molecule has 3 unspecified atom stereocenters. The number of rotatable bonds is 23. The molecule has 0 rings (SSSR count). The van der Waals surface area contributed by atoms with Crippen molar-refractivity contribution in [2.45, 2.75) is 151 Å². The molecule has 0 aliphatic heterocycles. The molecule has 0 aliphatic carbocycles. The lowest BCUT2D eigenvalue weighted by Gasteiger charge is -2.32. The number of carbonyl (C=O) groups is 2. The highest BCUT2D eigenvalue weighted by Gasteiger charge is 2.25. The molecule has 0 saturated carbocycles. The first-order valence-corrected chi connectivity index (χ1v) is 16.5. The average Bonchev–Trinajstić information content (AvgIpc) is 2.84. The molecule has 0 aromatic rings. The largest absolute Gasteiger partial charge is 0.389 e. The molecular formula is C36H68N4O2. The summed E-state index contributed by atoms with van der Waals surface area (Å²) in [6.07, 6.45) is 11.8. The molecule has 0 aromatic carbocycles. The normalized spacial score (nSPS) is 13.9. The molecule has 0 aromatic heterocycles. The molecule has 42 heavy (non-hydrogen) atoms. The van der Waals surface area contributed by atoms with Crippen molar-refractivity contribution in [3.63, 3.8) is 0 Å². The fraction of sp³-hybridized carbons (Fsp3) is 0.778. The molecule has 244 valence electrons. The number of hydrogen-bond donors (Lipinski definition) is 4. The number of amides is 2. The molecule has 0 radical (unpaired) electrons. The third-order valence-corrected chi connectivity index (χ3v) is 8.01. The van der Waals surface area contributed by atoms with Gasteiger partial charge in [-0.05, 0) is 74.5 Å². The summed E-state index contributed by atoms with van der Waals surface area (Å²) in [6.45, 7) is 33.8. The van der Waals surface area contributed by atoms with Crippen molar-refractivity contribution in [1.82, 2.24) is 21.3 Å². The topological polar surface area (TPSA) is 82.3 Å².